The van der Waals surface area contributed by atoms with Crippen molar-refractivity contribution >= 4 is 0 Å². The number of benzene rings is 1. The van der Waals surface area contributed by atoms with Crippen LogP contribution in [0.5, 0.6) is 0 Å². The molecule has 1 heteroatoms. The quantitative estimate of drug-likeness (QED) is 0.641. The molecule has 0 aliphatic rings. The highest BCUT2D eigenvalue weighted by atomic mass is 16.5. The summed E-state index contributed by atoms with van der Waals surface area (Å²) in [6.45, 7) is 7.20. The second kappa shape index (κ2) is 7.02. The van der Waals surface area contributed by atoms with Gasteiger partial charge in [0.1, 0.15) is 0 Å². The summed E-state index contributed by atoms with van der Waals surface area (Å²) in [5.41, 5.74) is 1.22. The molecule has 1 rings (SSSR count). The molecule has 0 unspecified atom stereocenters. The highest BCUT2D eigenvalue weighted by Gasteiger charge is 1.97. The topological polar surface area (TPSA) is 9.23 Å². The van der Waals surface area contributed by atoms with Crippen molar-refractivity contribution in [2.45, 2.75) is 13.5 Å². The van der Waals surface area contributed by atoms with Crippen LogP contribution in [0.1, 0.15) is 12.5 Å². The van der Waals surface area contributed by atoms with E-state index in [-0.39, 0.29) is 0 Å². The molecule has 1 atom stereocenters. The molecule has 1 nitrogen and oxygen atoms in total. The molecular weight excluding hydrogens is 184 g/mol. The summed E-state index contributed by atoms with van der Waals surface area (Å²) in [5.74, 6) is 0.437. The van der Waals surface area contributed by atoms with Gasteiger partial charge in [0, 0.05) is 0 Å². The first-order valence-corrected chi connectivity index (χ1v) is 5.24. The van der Waals surface area contributed by atoms with E-state index in [0.29, 0.717) is 12.5 Å². The Morgan fingerprint density at radius 2 is 2.07 bits per heavy atom. The van der Waals surface area contributed by atoms with Crippen LogP contribution < -0.4 is 0 Å². The molecule has 0 heterocycles. The molecule has 0 fully saturated rings. The van der Waals surface area contributed by atoms with Crippen LogP contribution in [0.4, 0.5) is 0 Å². The minimum Gasteiger partial charge on any atom is -0.376 e. The molecule has 15 heavy (non-hydrogen) atoms. The van der Waals surface area contributed by atoms with Gasteiger partial charge in [-0.25, -0.2) is 0 Å². The third-order valence-electron chi connectivity index (χ3n) is 2.07. The zero-order valence-corrected chi connectivity index (χ0v) is 9.23. The van der Waals surface area contributed by atoms with Crippen LogP contribution in [0.15, 0.2) is 55.1 Å². The van der Waals surface area contributed by atoms with E-state index in [1.165, 1.54) is 5.56 Å². The molecular formula is C14H18O. The van der Waals surface area contributed by atoms with Crippen molar-refractivity contribution in [1.29, 1.82) is 0 Å². The van der Waals surface area contributed by atoms with Gasteiger partial charge in [-0.15, -0.1) is 0 Å². The fraction of sp³-hybridized carbons (Fsp3) is 0.286. The number of allylic oxidation sites excluding steroid dienone is 2. The minimum absolute atomic E-state index is 0.437. The molecule has 1 aromatic carbocycles. The van der Waals surface area contributed by atoms with E-state index in [2.05, 4.69) is 31.7 Å². The summed E-state index contributed by atoms with van der Waals surface area (Å²) in [6.07, 6.45) is 5.84. The lowest BCUT2D eigenvalue weighted by atomic mass is 10.2. The Morgan fingerprint density at radius 3 is 2.73 bits per heavy atom. The summed E-state index contributed by atoms with van der Waals surface area (Å²) in [6, 6.07) is 10.2. The van der Waals surface area contributed by atoms with Crippen LogP contribution in [0.2, 0.25) is 0 Å². The molecule has 0 spiro atoms. The van der Waals surface area contributed by atoms with Gasteiger partial charge in [-0.2, -0.15) is 0 Å². The van der Waals surface area contributed by atoms with Crippen molar-refractivity contribution in [3.8, 4) is 0 Å². The van der Waals surface area contributed by atoms with Crippen LogP contribution in [-0.2, 0) is 11.3 Å². The first-order chi connectivity index (χ1) is 7.33. The molecule has 0 aliphatic heterocycles. The lowest BCUT2D eigenvalue weighted by Gasteiger charge is -2.07. The number of ether oxygens (including phenoxy) is 1. The van der Waals surface area contributed by atoms with Crippen molar-refractivity contribution in [1.82, 2.24) is 0 Å². The maximum atomic E-state index is 5.59. The van der Waals surface area contributed by atoms with Crippen molar-refractivity contribution < 1.29 is 4.74 Å². The molecule has 0 saturated heterocycles. The number of rotatable bonds is 6. The van der Waals surface area contributed by atoms with Crippen molar-refractivity contribution in [2.24, 2.45) is 5.92 Å². The average Bonchev–Trinajstić information content (AvgIpc) is 2.28. The van der Waals surface area contributed by atoms with E-state index in [0.717, 1.165) is 6.61 Å². The molecule has 0 saturated carbocycles. The minimum atomic E-state index is 0.437. The van der Waals surface area contributed by atoms with Gasteiger partial charge in [-0.05, 0) is 11.5 Å². The molecule has 0 bridgehead atoms. The van der Waals surface area contributed by atoms with Gasteiger partial charge in [-0.3, -0.25) is 0 Å². The normalized spacial score (nSPS) is 12.9. The first kappa shape index (κ1) is 11.7. The third kappa shape index (κ3) is 5.18. The average molecular weight is 202 g/mol. The maximum Gasteiger partial charge on any atom is 0.0717 e. The lowest BCUT2D eigenvalue weighted by molar-refractivity contribution is 0.104. The third-order valence-corrected chi connectivity index (χ3v) is 2.07. The summed E-state index contributed by atoms with van der Waals surface area (Å²) < 4.78 is 5.59. The maximum absolute atomic E-state index is 5.59. The predicted molar refractivity (Wildman–Crippen MR) is 64.6 cm³/mol. The van der Waals surface area contributed by atoms with Crippen molar-refractivity contribution in [2.75, 3.05) is 6.61 Å². The molecule has 0 aliphatic carbocycles. The highest BCUT2D eigenvalue weighted by Crippen LogP contribution is 2.04. The van der Waals surface area contributed by atoms with Crippen LogP contribution in [0, 0.1) is 5.92 Å². The molecule has 0 amide bonds. The van der Waals surface area contributed by atoms with Crippen LogP contribution in [0.3, 0.4) is 0 Å². The predicted octanol–water partition coefficient (Wildman–Crippen LogP) is 3.58. The van der Waals surface area contributed by atoms with Gasteiger partial charge in [0.05, 0.1) is 13.2 Å². The molecule has 1 aromatic rings. The van der Waals surface area contributed by atoms with E-state index in [9.17, 15) is 0 Å². The Balaban J connectivity index is 2.22. The summed E-state index contributed by atoms with van der Waals surface area (Å²) in [7, 11) is 0. The lowest BCUT2D eigenvalue weighted by Crippen LogP contribution is -2.03. The largest absolute Gasteiger partial charge is 0.376 e. The van der Waals surface area contributed by atoms with E-state index >= 15 is 0 Å². The Kier molecular flexibility index (Phi) is 5.49. The van der Waals surface area contributed by atoms with Gasteiger partial charge < -0.3 is 4.74 Å². The van der Waals surface area contributed by atoms with Gasteiger partial charge in [0.15, 0.2) is 0 Å². The summed E-state index contributed by atoms with van der Waals surface area (Å²) >= 11 is 0. The summed E-state index contributed by atoms with van der Waals surface area (Å²) in [5, 5.41) is 0. The van der Waals surface area contributed by atoms with E-state index < -0.39 is 0 Å². The standard InChI is InChI=1S/C14H18O/c1-3-4-8-13(2)11-15-12-14-9-6-5-7-10-14/h3-10,13H,1,11-12H2,2H3/b8-4+/t13-/m0/s1. The first-order valence-electron chi connectivity index (χ1n) is 5.24. The number of hydrogen-bond acceptors (Lipinski definition) is 1. The van der Waals surface area contributed by atoms with Crippen molar-refractivity contribution in [3.63, 3.8) is 0 Å². The Labute approximate surface area is 92.1 Å². The fourth-order valence-corrected chi connectivity index (χ4v) is 1.26. The second-order valence-corrected chi connectivity index (χ2v) is 3.60. The SMILES string of the molecule is C=C/C=C/[C@H](C)COCc1ccccc1. The van der Waals surface area contributed by atoms with Crippen LogP contribution in [-0.4, -0.2) is 6.61 Å². The fourth-order valence-electron chi connectivity index (χ4n) is 1.26. The van der Waals surface area contributed by atoms with Gasteiger partial charge in [-0.1, -0.05) is 62.1 Å². The van der Waals surface area contributed by atoms with Gasteiger partial charge in [0.2, 0.25) is 0 Å². The summed E-state index contributed by atoms with van der Waals surface area (Å²) in [4.78, 5) is 0. The van der Waals surface area contributed by atoms with E-state index in [4.69, 9.17) is 4.74 Å². The van der Waals surface area contributed by atoms with Crippen LogP contribution in [0.25, 0.3) is 0 Å². The van der Waals surface area contributed by atoms with Gasteiger partial charge in [0.25, 0.3) is 0 Å². The van der Waals surface area contributed by atoms with E-state index in [1.54, 1.807) is 6.08 Å². The Bertz CT molecular complexity index is 300. The Morgan fingerprint density at radius 1 is 1.33 bits per heavy atom. The van der Waals surface area contributed by atoms with E-state index in [1.807, 2.05) is 24.3 Å². The van der Waals surface area contributed by atoms with Gasteiger partial charge >= 0.3 is 0 Å². The molecule has 0 radical (unpaired) electrons. The zero-order valence-electron chi connectivity index (χ0n) is 9.23. The second-order valence-electron chi connectivity index (χ2n) is 3.60. The molecule has 0 aromatic heterocycles. The smallest absolute Gasteiger partial charge is 0.0717 e. The highest BCUT2D eigenvalue weighted by molar-refractivity contribution is 5.13. The zero-order chi connectivity index (χ0) is 10.9. The number of hydrogen-bond donors (Lipinski definition) is 0. The van der Waals surface area contributed by atoms with Crippen molar-refractivity contribution in [3.05, 3.63) is 60.7 Å². The Hall–Kier alpha value is -1.34. The van der Waals surface area contributed by atoms with Crippen LogP contribution >= 0.6 is 0 Å². The monoisotopic (exact) mass is 202 g/mol. The molecule has 0 N–H and O–H groups in total. The molecule has 80 valence electrons.